The van der Waals surface area contributed by atoms with Gasteiger partial charge in [-0.1, -0.05) is 25.5 Å². The highest BCUT2D eigenvalue weighted by molar-refractivity contribution is 5.97. The van der Waals surface area contributed by atoms with Crippen molar-refractivity contribution >= 4 is 16.8 Å². The van der Waals surface area contributed by atoms with E-state index in [1.54, 1.807) is 13.2 Å². The van der Waals surface area contributed by atoms with Crippen LogP contribution in [0.3, 0.4) is 0 Å². The normalized spacial score (nSPS) is 23.3. The van der Waals surface area contributed by atoms with Gasteiger partial charge in [0.15, 0.2) is 0 Å². The van der Waals surface area contributed by atoms with Gasteiger partial charge in [0.25, 0.3) is 5.91 Å². The lowest BCUT2D eigenvalue weighted by Gasteiger charge is -2.48. The van der Waals surface area contributed by atoms with E-state index in [4.69, 9.17) is 9.47 Å². The molecule has 27 heavy (non-hydrogen) atoms. The summed E-state index contributed by atoms with van der Waals surface area (Å²) in [4.78, 5) is 22.2. The fraction of sp³-hybridized carbons (Fsp3) is 0.524. The van der Waals surface area contributed by atoms with Crippen LogP contribution >= 0.6 is 0 Å². The highest BCUT2D eigenvalue weighted by atomic mass is 16.5. The third-order valence-corrected chi connectivity index (χ3v) is 5.64. The number of aromatic nitrogens is 1. The molecule has 0 saturated carbocycles. The lowest BCUT2D eigenvalue weighted by Crippen LogP contribution is -2.62. The smallest absolute Gasteiger partial charge is 0.272 e. The van der Waals surface area contributed by atoms with Crippen molar-refractivity contribution in [3.8, 4) is 5.75 Å². The maximum Gasteiger partial charge on any atom is 0.272 e. The van der Waals surface area contributed by atoms with E-state index in [0.717, 1.165) is 43.4 Å². The molecule has 0 bridgehead atoms. The van der Waals surface area contributed by atoms with E-state index in [-0.39, 0.29) is 11.9 Å². The Balaban J connectivity index is 1.55. The minimum Gasteiger partial charge on any atom is -0.496 e. The van der Waals surface area contributed by atoms with E-state index in [1.807, 2.05) is 29.2 Å². The number of rotatable bonds is 4. The lowest BCUT2D eigenvalue weighted by atomic mass is 10.0. The molecule has 3 heterocycles. The van der Waals surface area contributed by atoms with Gasteiger partial charge in [-0.25, -0.2) is 4.98 Å². The van der Waals surface area contributed by atoms with Gasteiger partial charge in [0.05, 0.1) is 31.9 Å². The summed E-state index contributed by atoms with van der Waals surface area (Å²) in [6.07, 6.45) is 2.30. The SMILES string of the molecule is CCC[C@H]1COC[C@H]2CN(C(=O)c3cc(OC)c4ccccc4n3)CCN12. The first-order valence-corrected chi connectivity index (χ1v) is 9.77. The number of carbonyl (C=O) groups is 1. The first-order chi connectivity index (χ1) is 13.2. The number of fused-ring (bicyclic) bond motifs is 2. The molecule has 2 aliphatic heterocycles. The second kappa shape index (κ2) is 7.82. The van der Waals surface area contributed by atoms with Crippen molar-refractivity contribution in [1.82, 2.24) is 14.8 Å². The molecule has 6 heteroatoms. The zero-order valence-corrected chi connectivity index (χ0v) is 16.1. The molecule has 1 aromatic carbocycles. The van der Waals surface area contributed by atoms with E-state index < -0.39 is 0 Å². The summed E-state index contributed by atoms with van der Waals surface area (Å²) >= 11 is 0. The molecule has 2 fully saturated rings. The highest BCUT2D eigenvalue weighted by Gasteiger charge is 2.37. The molecular weight excluding hydrogens is 342 g/mol. The van der Waals surface area contributed by atoms with Crippen molar-refractivity contribution in [2.24, 2.45) is 0 Å². The number of nitrogens with zero attached hydrogens (tertiary/aromatic N) is 3. The summed E-state index contributed by atoms with van der Waals surface area (Å²) in [7, 11) is 1.63. The molecule has 0 N–H and O–H groups in total. The number of methoxy groups -OCH3 is 1. The Bertz CT molecular complexity index is 823. The van der Waals surface area contributed by atoms with E-state index >= 15 is 0 Å². The molecule has 4 rings (SSSR count). The summed E-state index contributed by atoms with van der Waals surface area (Å²) in [5, 5.41) is 0.921. The maximum absolute atomic E-state index is 13.1. The molecule has 2 aliphatic rings. The third-order valence-electron chi connectivity index (χ3n) is 5.64. The number of pyridine rings is 1. The standard InChI is InChI=1S/C21H27N3O3/c1-3-6-15-13-27-14-16-12-23(9-10-24(15)16)21(25)19-11-20(26-2)17-7-4-5-8-18(17)22-19/h4-5,7-8,11,15-16H,3,6,9-10,12-14H2,1-2H3/t15-,16+/m0/s1. The van der Waals surface area contributed by atoms with Gasteiger partial charge in [0.1, 0.15) is 11.4 Å². The van der Waals surface area contributed by atoms with Crippen LogP contribution in [0, 0.1) is 0 Å². The maximum atomic E-state index is 13.1. The van der Waals surface area contributed by atoms with Crippen LogP contribution < -0.4 is 4.74 Å². The Morgan fingerprint density at radius 3 is 2.96 bits per heavy atom. The van der Waals surface area contributed by atoms with Crippen molar-refractivity contribution < 1.29 is 14.3 Å². The second-order valence-electron chi connectivity index (χ2n) is 7.35. The summed E-state index contributed by atoms with van der Waals surface area (Å²) in [6, 6.07) is 10.3. The molecular formula is C21H27N3O3. The van der Waals surface area contributed by atoms with Crippen LogP contribution in [0.15, 0.2) is 30.3 Å². The average Bonchev–Trinajstić information content (AvgIpc) is 2.72. The number of ether oxygens (including phenoxy) is 2. The van der Waals surface area contributed by atoms with Crippen LogP contribution in [0.1, 0.15) is 30.3 Å². The molecule has 2 saturated heterocycles. The van der Waals surface area contributed by atoms with Crippen LogP contribution in [-0.4, -0.2) is 72.7 Å². The third kappa shape index (κ3) is 3.51. The van der Waals surface area contributed by atoms with Crippen molar-refractivity contribution in [3.05, 3.63) is 36.0 Å². The number of para-hydroxylation sites is 1. The Morgan fingerprint density at radius 1 is 1.30 bits per heavy atom. The molecule has 0 aliphatic carbocycles. The fourth-order valence-electron chi connectivity index (χ4n) is 4.29. The van der Waals surface area contributed by atoms with E-state index in [9.17, 15) is 4.79 Å². The summed E-state index contributed by atoms with van der Waals surface area (Å²) in [5.41, 5.74) is 1.23. The van der Waals surface area contributed by atoms with Crippen LogP contribution in [-0.2, 0) is 4.74 Å². The van der Waals surface area contributed by atoms with Gasteiger partial charge < -0.3 is 14.4 Å². The van der Waals surface area contributed by atoms with Crippen LogP contribution in [0.4, 0.5) is 0 Å². The van der Waals surface area contributed by atoms with E-state index in [0.29, 0.717) is 30.6 Å². The molecule has 0 unspecified atom stereocenters. The van der Waals surface area contributed by atoms with Gasteiger partial charge in [0.2, 0.25) is 0 Å². The number of hydrogen-bond acceptors (Lipinski definition) is 5. The topological polar surface area (TPSA) is 54.9 Å². The van der Waals surface area contributed by atoms with Gasteiger partial charge in [0, 0.05) is 37.1 Å². The van der Waals surface area contributed by atoms with E-state index in [2.05, 4.69) is 16.8 Å². The van der Waals surface area contributed by atoms with Crippen molar-refractivity contribution in [1.29, 1.82) is 0 Å². The van der Waals surface area contributed by atoms with Crippen molar-refractivity contribution in [2.75, 3.05) is 40.0 Å². The average molecular weight is 369 g/mol. The van der Waals surface area contributed by atoms with Crippen LogP contribution in [0.5, 0.6) is 5.75 Å². The second-order valence-corrected chi connectivity index (χ2v) is 7.35. The molecule has 2 aromatic rings. The quantitative estimate of drug-likeness (QED) is 0.829. The number of piperazine rings is 1. The number of carbonyl (C=O) groups excluding carboxylic acids is 1. The number of benzene rings is 1. The van der Waals surface area contributed by atoms with Gasteiger partial charge in [-0.3, -0.25) is 9.69 Å². The molecule has 144 valence electrons. The number of hydrogen-bond donors (Lipinski definition) is 0. The van der Waals surface area contributed by atoms with Crippen LogP contribution in [0.25, 0.3) is 10.9 Å². The zero-order valence-electron chi connectivity index (χ0n) is 16.1. The molecule has 2 atom stereocenters. The zero-order chi connectivity index (χ0) is 18.8. The molecule has 0 spiro atoms. The largest absolute Gasteiger partial charge is 0.496 e. The van der Waals surface area contributed by atoms with Gasteiger partial charge in [-0.05, 0) is 18.6 Å². The Morgan fingerprint density at radius 2 is 2.15 bits per heavy atom. The minimum atomic E-state index is -0.0312. The predicted octanol–water partition coefficient (Wildman–Crippen LogP) is 2.57. The fourth-order valence-corrected chi connectivity index (χ4v) is 4.29. The summed E-state index contributed by atoms with van der Waals surface area (Å²) in [6.45, 7) is 6.03. The van der Waals surface area contributed by atoms with E-state index in [1.165, 1.54) is 0 Å². The highest BCUT2D eigenvalue weighted by Crippen LogP contribution is 2.27. The molecule has 6 nitrogen and oxygen atoms in total. The van der Waals surface area contributed by atoms with Gasteiger partial charge in [-0.15, -0.1) is 0 Å². The number of morpholine rings is 1. The Hall–Kier alpha value is -2.18. The Kier molecular flexibility index (Phi) is 5.27. The Labute approximate surface area is 160 Å². The predicted molar refractivity (Wildman–Crippen MR) is 104 cm³/mol. The summed E-state index contributed by atoms with van der Waals surface area (Å²) < 4.78 is 11.3. The summed E-state index contributed by atoms with van der Waals surface area (Å²) in [5.74, 6) is 0.655. The van der Waals surface area contributed by atoms with Crippen LogP contribution in [0.2, 0.25) is 0 Å². The number of amides is 1. The lowest BCUT2D eigenvalue weighted by molar-refractivity contribution is -0.0776. The van der Waals surface area contributed by atoms with Gasteiger partial charge in [-0.2, -0.15) is 0 Å². The monoisotopic (exact) mass is 369 g/mol. The molecule has 0 radical (unpaired) electrons. The first kappa shape index (κ1) is 18.2. The first-order valence-electron chi connectivity index (χ1n) is 9.77. The minimum absolute atomic E-state index is 0.0312. The molecule has 1 aromatic heterocycles. The molecule has 1 amide bonds. The van der Waals surface area contributed by atoms with Crippen molar-refractivity contribution in [2.45, 2.75) is 31.8 Å². The van der Waals surface area contributed by atoms with Crippen molar-refractivity contribution in [3.63, 3.8) is 0 Å². The van der Waals surface area contributed by atoms with Gasteiger partial charge >= 0.3 is 0 Å².